The second-order valence-corrected chi connectivity index (χ2v) is 4.79. The van der Waals surface area contributed by atoms with Gasteiger partial charge < -0.3 is 14.8 Å². The molecule has 2 unspecified atom stereocenters. The van der Waals surface area contributed by atoms with E-state index in [2.05, 4.69) is 5.32 Å². The van der Waals surface area contributed by atoms with Crippen LogP contribution in [0.1, 0.15) is 31.4 Å². The summed E-state index contributed by atoms with van der Waals surface area (Å²) in [7, 11) is 0. The lowest BCUT2D eigenvalue weighted by molar-refractivity contribution is -0.0219. The zero-order valence-corrected chi connectivity index (χ0v) is 11.4. The molecule has 0 radical (unpaired) electrons. The van der Waals surface area contributed by atoms with Crippen LogP contribution in [0.3, 0.4) is 0 Å². The minimum Gasteiger partial charge on any atom is -0.376 e. The number of nitrogens with one attached hydrogen (secondary N) is 1. The van der Waals surface area contributed by atoms with Crippen LogP contribution in [0.4, 0.5) is 4.39 Å². The number of ether oxygens (including phenoxy) is 2. The van der Waals surface area contributed by atoms with Crippen LogP contribution >= 0.6 is 0 Å². The molecule has 1 N–H and O–H groups in total. The minimum atomic E-state index is -0.259. The smallest absolute Gasteiger partial charge is 0.129 e. The Balaban J connectivity index is 1.96. The summed E-state index contributed by atoms with van der Waals surface area (Å²) in [5.74, 6) is -0.210. The van der Waals surface area contributed by atoms with Gasteiger partial charge in [-0.2, -0.15) is 0 Å². The number of benzene rings is 1. The third kappa shape index (κ3) is 4.27. The maximum Gasteiger partial charge on any atom is 0.129 e. The summed E-state index contributed by atoms with van der Waals surface area (Å²) in [6.07, 6.45) is 2.03. The number of hydrogen-bond acceptors (Lipinski definition) is 3. The highest BCUT2D eigenvalue weighted by atomic mass is 19.1. The summed E-state index contributed by atoms with van der Waals surface area (Å²) in [5.41, 5.74) is 0.612. The van der Waals surface area contributed by atoms with Crippen molar-refractivity contribution in [2.45, 2.75) is 32.0 Å². The molecule has 2 rings (SSSR count). The fourth-order valence-corrected chi connectivity index (χ4v) is 2.27. The van der Waals surface area contributed by atoms with E-state index in [4.69, 9.17) is 9.47 Å². The van der Waals surface area contributed by atoms with E-state index in [-0.39, 0.29) is 18.0 Å². The third-order valence-electron chi connectivity index (χ3n) is 3.34. The first-order valence-electron chi connectivity index (χ1n) is 6.99. The fraction of sp³-hybridized carbons (Fsp3) is 0.600. The Morgan fingerprint density at radius 1 is 1.47 bits per heavy atom. The van der Waals surface area contributed by atoms with Gasteiger partial charge in [0.25, 0.3) is 0 Å². The lowest BCUT2D eigenvalue weighted by atomic mass is 10.1. The molecule has 0 saturated carbocycles. The van der Waals surface area contributed by atoms with E-state index in [1.165, 1.54) is 6.07 Å². The van der Waals surface area contributed by atoms with E-state index in [0.717, 1.165) is 26.0 Å². The predicted molar refractivity (Wildman–Crippen MR) is 72.6 cm³/mol. The Kier molecular flexibility index (Phi) is 5.76. The molecule has 1 fully saturated rings. The van der Waals surface area contributed by atoms with Crippen molar-refractivity contribution in [2.75, 3.05) is 26.3 Å². The highest BCUT2D eigenvalue weighted by molar-refractivity contribution is 5.20. The third-order valence-corrected chi connectivity index (χ3v) is 3.34. The number of rotatable bonds is 7. The van der Waals surface area contributed by atoms with Crippen LogP contribution in [0, 0.1) is 5.82 Å². The maximum absolute atomic E-state index is 13.8. The van der Waals surface area contributed by atoms with Gasteiger partial charge in [-0.25, -0.2) is 4.39 Å². The number of halogens is 1. The second-order valence-electron chi connectivity index (χ2n) is 4.79. The summed E-state index contributed by atoms with van der Waals surface area (Å²) in [6.45, 7) is 4.83. The monoisotopic (exact) mass is 267 g/mol. The highest BCUT2D eigenvalue weighted by Crippen LogP contribution is 2.22. The van der Waals surface area contributed by atoms with E-state index < -0.39 is 0 Å². The molecule has 0 spiro atoms. The summed E-state index contributed by atoms with van der Waals surface area (Å²) in [4.78, 5) is 0. The Morgan fingerprint density at radius 2 is 2.32 bits per heavy atom. The summed E-state index contributed by atoms with van der Waals surface area (Å²) in [5, 5.41) is 3.22. The summed E-state index contributed by atoms with van der Waals surface area (Å²) in [6, 6.07) is 6.80. The Bertz CT molecular complexity index is 380. The van der Waals surface area contributed by atoms with Gasteiger partial charge in [-0.05, 0) is 25.5 Å². The molecule has 2 atom stereocenters. The van der Waals surface area contributed by atoms with Crippen LogP contribution in [-0.2, 0) is 9.47 Å². The van der Waals surface area contributed by atoms with Gasteiger partial charge in [0.05, 0.1) is 18.8 Å². The van der Waals surface area contributed by atoms with Crippen LogP contribution < -0.4 is 5.32 Å². The Labute approximate surface area is 114 Å². The van der Waals surface area contributed by atoms with Crippen LogP contribution in [0.25, 0.3) is 0 Å². The van der Waals surface area contributed by atoms with Gasteiger partial charge in [-0.1, -0.05) is 25.1 Å². The molecule has 3 nitrogen and oxygen atoms in total. The van der Waals surface area contributed by atoms with Gasteiger partial charge in [0, 0.05) is 18.7 Å². The predicted octanol–water partition coefficient (Wildman–Crippen LogP) is 2.67. The highest BCUT2D eigenvalue weighted by Gasteiger charge is 2.20. The SMILES string of the molecule is CCNCC(OCC1CCCO1)c1ccccc1F. The summed E-state index contributed by atoms with van der Waals surface area (Å²) >= 11 is 0. The van der Waals surface area contributed by atoms with Crippen molar-refractivity contribution in [1.82, 2.24) is 5.32 Å². The first-order chi connectivity index (χ1) is 9.31. The largest absolute Gasteiger partial charge is 0.376 e. The average molecular weight is 267 g/mol. The normalized spacial score (nSPS) is 20.6. The van der Waals surface area contributed by atoms with Gasteiger partial charge in [-0.15, -0.1) is 0 Å². The molecule has 1 saturated heterocycles. The molecular weight excluding hydrogens is 245 g/mol. The molecule has 1 aliphatic heterocycles. The Hall–Kier alpha value is -0.970. The molecule has 0 amide bonds. The molecule has 1 heterocycles. The molecular formula is C15H22FNO2. The molecule has 1 aliphatic rings. The van der Waals surface area contributed by atoms with Crippen molar-refractivity contribution in [3.8, 4) is 0 Å². The van der Waals surface area contributed by atoms with E-state index >= 15 is 0 Å². The minimum absolute atomic E-state index is 0.163. The molecule has 19 heavy (non-hydrogen) atoms. The number of hydrogen-bond donors (Lipinski definition) is 1. The number of likely N-dealkylation sites (N-methyl/N-ethyl adjacent to an activating group) is 1. The molecule has 0 aliphatic carbocycles. The molecule has 1 aromatic carbocycles. The topological polar surface area (TPSA) is 30.5 Å². The lowest BCUT2D eigenvalue weighted by Crippen LogP contribution is -2.26. The van der Waals surface area contributed by atoms with E-state index in [1.807, 2.05) is 13.0 Å². The first kappa shape index (κ1) is 14.4. The van der Waals surface area contributed by atoms with E-state index in [9.17, 15) is 4.39 Å². The lowest BCUT2D eigenvalue weighted by Gasteiger charge is -2.21. The van der Waals surface area contributed by atoms with E-state index in [1.54, 1.807) is 12.1 Å². The van der Waals surface area contributed by atoms with E-state index in [0.29, 0.717) is 18.7 Å². The molecule has 4 heteroatoms. The van der Waals surface area contributed by atoms with Gasteiger partial charge >= 0.3 is 0 Å². The van der Waals surface area contributed by atoms with Gasteiger partial charge in [0.2, 0.25) is 0 Å². The van der Waals surface area contributed by atoms with Gasteiger partial charge in [0.1, 0.15) is 5.82 Å². The van der Waals surface area contributed by atoms with Crippen molar-refractivity contribution in [3.05, 3.63) is 35.6 Å². The van der Waals surface area contributed by atoms with Crippen molar-refractivity contribution < 1.29 is 13.9 Å². The molecule has 1 aromatic rings. The van der Waals surface area contributed by atoms with Crippen molar-refractivity contribution in [3.63, 3.8) is 0 Å². The van der Waals surface area contributed by atoms with Gasteiger partial charge in [0.15, 0.2) is 0 Å². The standard InChI is InChI=1S/C15H22FNO2/c1-2-17-10-15(13-7-3-4-8-14(13)16)19-11-12-6-5-9-18-12/h3-4,7-8,12,15,17H,2,5-6,9-11H2,1H3. The average Bonchev–Trinajstić information content (AvgIpc) is 2.93. The first-order valence-corrected chi connectivity index (χ1v) is 6.99. The van der Waals surface area contributed by atoms with Crippen LogP contribution in [-0.4, -0.2) is 32.4 Å². The Morgan fingerprint density at radius 3 is 3.00 bits per heavy atom. The molecule has 106 valence electrons. The zero-order chi connectivity index (χ0) is 13.5. The fourth-order valence-electron chi connectivity index (χ4n) is 2.27. The van der Waals surface area contributed by atoms with Crippen molar-refractivity contribution in [2.24, 2.45) is 0 Å². The molecule has 0 bridgehead atoms. The maximum atomic E-state index is 13.8. The van der Waals surface area contributed by atoms with Crippen LogP contribution in [0.15, 0.2) is 24.3 Å². The molecule has 0 aromatic heterocycles. The van der Waals surface area contributed by atoms with Crippen molar-refractivity contribution in [1.29, 1.82) is 0 Å². The van der Waals surface area contributed by atoms with Crippen molar-refractivity contribution >= 4 is 0 Å². The van der Waals surface area contributed by atoms with Gasteiger partial charge in [-0.3, -0.25) is 0 Å². The van der Waals surface area contributed by atoms with Crippen LogP contribution in [0.5, 0.6) is 0 Å². The summed E-state index contributed by atoms with van der Waals surface area (Å²) < 4.78 is 25.2. The van der Waals surface area contributed by atoms with Crippen LogP contribution in [0.2, 0.25) is 0 Å². The zero-order valence-electron chi connectivity index (χ0n) is 11.4. The quantitative estimate of drug-likeness (QED) is 0.824. The second kappa shape index (κ2) is 7.58.